The Labute approximate surface area is 203 Å². The zero-order valence-corrected chi connectivity index (χ0v) is 19.5. The zero-order valence-electron chi connectivity index (χ0n) is 19.5. The van der Waals surface area contributed by atoms with E-state index in [2.05, 4.69) is 126 Å². The lowest BCUT2D eigenvalue weighted by molar-refractivity contribution is 1.24. The fraction of sp³-hybridized carbons (Fsp3) is 0.0303. The topological polar surface area (TPSA) is 20.7 Å². The van der Waals surface area contributed by atoms with E-state index in [0.29, 0.717) is 0 Å². The molecule has 7 aromatic rings. The van der Waals surface area contributed by atoms with Crippen LogP contribution in [0.2, 0.25) is 0 Å². The van der Waals surface area contributed by atoms with Crippen LogP contribution in [-0.2, 0) is 0 Å². The van der Waals surface area contributed by atoms with E-state index in [-0.39, 0.29) is 0 Å². The van der Waals surface area contributed by atoms with Gasteiger partial charge in [-0.15, -0.1) is 0 Å². The number of aromatic nitrogens is 2. The van der Waals surface area contributed by atoms with Crippen molar-refractivity contribution >= 4 is 70.9 Å². The van der Waals surface area contributed by atoms with Crippen molar-refractivity contribution in [3.63, 3.8) is 0 Å². The first kappa shape index (κ1) is 19.9. The van der Waals surface area contributed by atoms with Gasteiger partial charge in [0.25, 0.3) is 0 Å². The molecule has 0 aliphatic rings. The van der Waals surface area contributed by atoms with Gasteiger partial charge < -0.3 is 9.55 Å². The minimum Gasteiger partial charge on any atom is -0.354 e. The number of nitrogens with one attached hydrogen (secondary N) is 1. The monoisotopic (exact) mass is 448 g/mol. The van der Waals surface area contributed by atoms with E-state index in [1.54, 1.807) is 0 Å². The Morgan fingerprint density at radius 1 is 0.686 bits per heavy atom. The van der Waals surface area contributed by atoms with E-state index in [0.717, 1.165) is 11.2 Å². The standard InChI is InChI=1S/C33H24N2/c1-3-9-25(10-4-2)35-32-18-24-14-8-6-12-22(24)16-28(32)29-19-27-26-15-21-11-5-7-13-23(21)17-30(26)34-31(27)20-33(29)35/h3-20,34H,1H2,2H3/b10-4-,25-9+. The Bertz CT molecular complexity index is 2030. The molecule has 2 nitrogen and oxygen atoms in total. The van der Waals surface area contributed by atoms with E-state index in [4.69, 9.17) is 0 Å². The number of aromatic amines is 1. The van der Waals surface area contributed by atoms with Crippen molar-refractivity contribution < 1.29 is 0 Å². The van der Waals surface area contributed by atoms with E-state index in [1.165, 1.54) is 59.6 Å². The van der Waals surface area contributed by atoms with Crippen LogP contribution in [0.15, 0.2) is 116 Å². The van der Waals surface area contributed by atoms with Crippen LogP contribution >= 0.6 is 0 Å². The third-order valence-corrected chi connectivity index (χ3v) is 7.10. The normalized spacial score (nSPS) is 12.9. The average molecular weight is 449 g/mol. The van der Waals surface area contributed by atoms with Crippen LogP contribution in [0.5, 0.6) is 0 Å². The summed E-state index contributed by atoms with van der Waals surface area (Å²) in [5, 5.41) is 10.0. The maximum absolute atomic E-state index is 3.98. The van der Waals surface area contributed by atoms with Crippen LogP contribution in [0.25, 0.3) is 70.9 Å². The second kappa shape index (κ2) is 7.48. The Morgan fingerprint density at radius 2 is 1.23 bits per heavy atom. The summed E-state index contributed by atoms with van der Waals surface area (Å²) in [6, 6.07) is 31.1. The van der Waals surface area contributed by atoms with E-state index in [1.807, 2.05) is 6.08 Å². The maximum atomic E-state index is 3.98. The number of H-pyrrole nitrogens is 1. The van der Waals surface area contributed by atoms with Gasteiger partial charge in [-0.2, -0.15) is 0 Å². The molecule has 5 aromatic carbocycles. The van der Waals surface area contributed by atoms with Gasteiger partial charge in [0.15, 0.2) is 0 Å². The Morgan fingerprint density at radius 3 is 1.91 bits per heavy atom. The largest absolute Gasteiger partial charge is 0.354 e. The first-order valence-corrected chi connectivity index (χ1v) is 12.0. The van der Waals surface area contributed by atoms with Crippen molar-refractivity contribution in [3.05, 3.63) is 116 Å². The predicted octanol–water partition coefficient (Wildman–Crippen LogP) is 9.34. The Balaban J connectivity index is 1.67. The number of rotatable bonds is 3. The van der Waals surface area contributed by atoms with Crippen molar-refractivity contribution in [2.45, 2.75) is 6.92 Å². The molecule has 2 heterocycles. The lowest BCUT2D eigenvalue weighted by Gasteiger charge is -2.09. The van der Waals surface area contributed by atoms with Gasteiger partial charge in [-0.3, -0.25) is 0 Å². The van der Waals surface area contributed by atoms with Gasteiger partial charge in [-0.1, -0.05) is 67.3 Å². The van der Waals surface area contributed by atoms with Gasteiger partial charge in [0, 0.05) is 38.3 Å². The zero-order chi connectivity index (χ0) is 23.5. The quantitative estimate of drug-likeness (QED) is 0.260. The maximum Gasteiger partial charge on any atom is 0.0562 e. The van der Waals surface area contributed by atoms with Gasteiger partial charge in [-0.05, 0) is 77.0 Å². The first-order valence-electron chi connectivity index (χ1n) is 12.0. The highest BCUT2D eigenvalue weighted by Gasteiger charge is 2.16. The molecule has 0 aliphatic carbocycles. The van der Waals surface area contributed by atoms with Gasteiger partial charge >= 0.3 is 0 Å². The number of hydrogen-bond acceptors (Lipinski definition) is 0. The van der Waals surface area contributed by atoms with Crippen molar-refractivity contribution in [3.8, 4) is 0 Å². The number of benzene rings is 5. The van der Waals surface area contributed by atoms with Crippen LogP contribution in [0, 0.1) is 0 Å². The molecule has 0 saturated heterocycles. The lowest BCUT2D eigenvalue weighted by Crippen LogP contribution is -1.94. The molecule has 0 aliphatic heterocycles. The summed E-state index contributed by atoms with van der Waals surface area (Å²) in [6.07, 6.45) is 8.18. The molecule has 0 bridgehead atoms. The molecule has 7 rings (SSSR count). The molecule has 166 valence electrons. The molecule has 0 fully saturated rings. The highest BCUT2D eigenvalue weighted by Crippen LogP contribution is 2.39. The van der Waals surface area contributed by atoms with Crippen LogP contribution in [0.4, 0.5) is 0 Å². The van der Waals surface area contributed by atoms with Gasteiger partial charge in [-0.25, -0.2) is 0 Å². The smallest absolute Gasteiger partial charge is 0.0562 e. The molecule has 2 heteroatoms. The van der Waals surface area contributed by atoms with Crippen LogP contribution in [0.1, 0.15) is 6.92 Å². The number of allylic oxidation sites excluding steroid dienone is 5. The number of nitrogens with zero attached hydrogens (tertiary/aromatic N) is 1. The minimum atomic E-state index is 1.10. The minimum absolute atomic E-state index is 1.10. The highest BCUT2D eigenvalue weighted by atomic mass is 15.0. The van der Waals surface area contributed by atoms with Crippen molar-refractivity contribution in [2.75, 3.05) is 0 Å². The summed E-state index contributed by atoms with van der Waals surface area (Å²) in [4.78, 5) is 3.70. The molecule has 0 radical (unpaired) electrons. The molecule has 1 N–H and O–H groups in total. The first-order chi connectivity index (χ1) is 17.2. The Hall–Kier alpha value is -4.56. The van der Waals surface area contributed by atoms with Gasteiger partial charge in [0.1, 0.15) is 0 Å². The van der Waals surface area contributed by atoms with E-state index in [9.17, 15) is 0 Å². The molecule has 0 amide bonds. The SMILES string of the molecule is C=C/C=C(\C=C/C)n1c2cc3ccccc3cc2c2cc3c(cc21)[nH]c1cc2ccccc2cc13. The number of fused-ring (bicyclic) bond motifs is 8. The van der Waals surface area contributed by atoms with Gasteiger partial charge in [0.2, 0.25) is 0 Å². The highest BCUT2D eigenvalue weighted by molar-refractivity contribution is 6.21. The summed E-state index contributed by atoms with van der Waals surface area (Å²) in [6.45, 7) is 6.03. The molecule has 35 heavy (non-hydrogen) atoms. The van der Waals surface area contributed by atoms with Crippen LogP contribution in [0.3, 0.4) is 0 Å². The van der Waals surface area contributed by atoms with Gasteiger partial charge in [0.05, 0.1) is 11.0 Å². The molecule has 0 atom stereocenters. The van der Waals surface area contributed by atoms with Crippen LogP contribution < -0.4 is 0 Å². The molecule has 2 aromatic heterocycles. The summed E-state index contributed by atoms with van der Waals surface area (Å²) >= 11 is 0. The van der Waals surface area contributed by atoms with Crippen LogP contribution in [-0.4, -0.2) is 9.55 Å². The van der Waals surface area contributed by atoms with Crippen molar-refractivity contribution in [2.24, 2.45) is 0 Å². The summed E-state index contributed by atoms with van der Waals surface area (Å²) in [5.74, 6) is 0. The molecule has 0 saturated carbocycles. The summed E-state index contributed by atoms with van der Waals surface area (Å²) in [5.41, 5.74) is 5.80. The Kier molecular flexibility index (Phi) is 4.24. The average Bonchev–Trinajstić information content (AvgIpc) is 3.38. The summed E-state index contributed by atoms with van der Waals surface area (Å²) in [7, 11) is 0. The fourth-order valence-corrected chi connectivity index (χ4v) is 5.56. The predicted molar refractivity (Wildman–Crippen MR) is 153 cm³/mol. The van der Waals surface area contributed by atoms with Crippen molar-refractivity contribution in [1.29, 1.82) is 0 Å². The second-order valence-electron chi connectivity index (χ2n) is 9.16. The fourth-order valence-electron chi connectivity index (χ4n) is 5.56. The van der Waals surface area contributed by atoms with Crippen molar-refractivity contribution in [1.82, 2.24) is 9.55 Å². The molecular formula is C33H24N2. The second-order valence-corrected chi connectivity index (χ2v) is 9.16. The molecule has 0 unspecified atom stereocenters. The molecular weight excluding hydrogens is 424 g/mol. The third kappa shape index (κ3) is 2.90. The summed E-state index contributed by atoms with van der Waals surface area (Å²) < 4.78 is 2.36. The van der Waals surface area contributed by atoms with E-state index >= 15 is 0 Å². The number of hydrogen-bond donors (Lipinski definition) is 1. The third-order valence-electron chi connectivity index (χ3n) is 7.10. The lowest BCUT2D eigenvalue weighted by atomic mass is 10.0. The molecule has 0 spiro atoms. The van der Waals surface area contributed by atoms with E-state index < -0.39 is 0 Å².